The molecule has 0 saturated heterocycles. The van der Waals surface area contributed by atoms with Crippen LogP contribution in [0.3, 0.4) is 0 Å². The Hall–Kier alpha value is -3.33. The Morgan fingerprint density at radius 3 is 2.29 bits per heavy atom. The van der Waals surface area contributed by atoms with Crippen molar-refractivity contribution in [3.05, 3.63) is 62.7 Å². The summed E-state index contributed by atoms with van der Waals surface area (Å²) in [6.45, 7) is 0. The number of hydrogen-bond donors (Lipinski definition) is 4. The third-order valence-corrected chi connectivity index (χ3v) is 3.26. The summed E-state index contributed by atoms with van der Waals surface area (Å²) in [6, 6.07) is 6.61. The minimum atomic E-state index is -0.861. The van der Waals surface area contributed by atoms with Crippen LogP contribution in [0.15, 0.2) is 36.4 Å². The molecular weight excluding hydrogens is 342 g/mol. The molecule has 2 amide bonds. The van der Waals surface area contributed by atoms with E-state index < -0.39 is 28.2 Å². The molecule has 2 aromatic carbocycles. The number of hydrazine groups is 1. The van der Waals surface area contributed by atoms with Crippen LogP contribution in [-0.2, 0) is 0 Å². The van der Waals surface area contributed by atoms with E-state index in [1.165, 1.54) is 12.1 Å². The van der Waals surface area contributed by atoms with Crippen LogP contribution in [0.1, 0.15) is 20.7 Å². The van der Waals surface area contributed by atoms with Gasteiger partial charge in [0.15, 0.2) is 11.5 Å². The maximum Gasteiger partial charge on any atom is 0.271 e. The minimum Gasteiger partial charge on any atom is -0.504 e. The van der Waals surface area contributed by atoms with Gasteiger partial charge in [-0.15, -0.1) is 0 Å². The third-order valence-electron chi connectivity index (χ3n) is 2.93. The molecule has 0 unspecified atom stereocenters. The van der Waals surface area contributed by atoms with E-state index in [0.717, 1.165) is 24.3 Å². The molecule has 0 spiro atoms. The maximum absolute atomic E-state index is 12.0. The first-order chi connectivity index (χ1) is 11.3. The van der Waals surface area contributed by atoms with E-state index in [9.17, 15) is 29.9 Å². The lowest BCUT2D eigenvalue weighted by Crippen LogP contribution is -2.41. The number of nitrogens with zero attached hydrogens (tertiary/aromatic N) is 1. The van der Waals surface area contributed by atoms with E-state index in [-0.39, 0.29) is 21.8 Å². The summed E-state index contributed by atoms with van der Waals surface area (Å²) < 4.78 is 0. The monoisotopic (exact) mass is 351 g/mol. The van der Waals surface area contributed by atoms with Gasteiger partial charge in [0.05, 0.1) is 15.5 Å². The van der Waals surface area contributed by atoms with Crippen LogP contribution in [0.2, 0.25) is 5.02 Å². The summed E-state index contributed by atoms with van der Waals surface area (Å²) in [5.41, 5.74) is 3.55. The maximum atomic E-state index is 12.0. The first kappa shape index (κ1) is 17.0. The number of carbonyl (C=O) groups is 2. The molecule has 0 atom stereocenters. The van der Waals surface area contributed by atoms with E-state index in [2.05, 4.69) is 5.43 Å². The molecule has 4 N–H and O–H groups in total. The van der Waals surface area contributed by atoms with E-state index >= 15 is 0 Å². The highest BCUT2D eigenvalue weighted by atomic mass is 35.5. The van der Waals surface area contributed by atoms with Crippen molar-refractivity contribution in [2.24, 2.45) is 0 Å². The SMILES string of the molecule is O=C(NNC(=O)c1cc([N+](=O)[O-])ccc1Cl)c1ccc(O)c(O)c1. The zero-order chi connectivity index (χ0) is 17.9. The molecule has 0 radical (unpaired) electrons. The molecule has 124 valence electrons. The first-order valence-corrected chi connectivity index (χ1v) is 6.74. The highest BCUT2D eigenvalue weighted by Gasteiger charge is 2.17. The predicted octanol–water partition coefficient (Wildman–Crippen LogP) is 1.73. The summed E-state index contributed by atoms with van der Waals surface area (Å²) in [4.78, 5) is 33.8. The molecule has 2 rings (SSSR count). The van der Waals surface area contributed by atoms with Crippen LogP contribution < -0.4 is 10.9 Å². The number of nitrogens with one attached hydrogen (secondary N) is 2. The van der Waals surface area contributed by atoms with Crippen LogP contribution in [-0.4, -0.2) is 27.0 Å². The quantitative estimate of drug-likeness (QED) is 0.377. The van der Waals surface area contributed by atoms with Gasteiger partial charge in [-0.25, -0.2) is 0 Å². The Labute approximate surface area is 139 Å². The second kappa shape index (κ2) is 6.84. The fourth-order valence-electron chi connectivity index (χ4n) is 1.72. The number of non-ortho nitro benzene ring substituents is 1. The molecule has 0 aliphatic carbocycles. The second-order valence-electron chi connectivity index (χ2n) is 4.53. The standard InChI is InChI=1S/C14H10ClN3O6/c15-10-3-2-8(18(23)24)6-9(10)14(22)17-16-13(21)7-1-4-11(19)12(20)5-7/h1-6,19-20H,(H,16,21)(H,17,22). The lowest BCUT2D eigenvalue weighted by atomic mass is 10.2. The number of halogens is 1. The fraction of sp³-hybridized carbons (Fsp3) is 0. The number of hydrogen-bond acceptors (Lipinski definition) is 6. The van der Waals surface area contributed by atoms with E-state index in [0.29, 0.717) is 0 Å². The van der Waals surface area contributed by atoms with Gasteiger partial charge in [-0.3, -0.25) is 30.6 Å². The highest BCUT2D eigenvalue weighted by Crippen LogP contribution is 2.25. The van der Waals surface area contributed by atoms with Gasteiger partial charge in [-0.2, -0.15) is 0 Å². The van der Waals surface area contributed by atoms with Crippen molar-refractivity contribution >= 4 is 29.1 Å². The van der Waals surface area contributed by atoms with Gasteiger partial charge >= 0.3 is 0 Å². The number of carbonyl (C=O) groups excluding carboxylic acids is 2. The molecular formula is C14H10ClN3O6. The lowest BCUT2D eigenvalue weighted by Gasteiger charge is -2.09. The van der Waals surface area contributed by atoms with E-state index in [1.54, 1.807) is 0 Å². The molecule has 0 aromatic heterocycles. The molecule has 0 saturated carbocycles. The number of phenolic OH excluding ortho intramolecular Hbond substituents is 2. The molecule has 24 heavy (non-hydrogen) atoms. The number of rotatable bonds is 3. The molecule has 0 aliphatic rings. The van der Waals surface area contributed by atoms with Crippen molar-refractivity contribution in [3.63, 3.8) is 0 Å². The molecule has 10 heteroatoms. The Morgan fingerprint density at radius 2 is 1.67 bits per heavy atom. The van der Waals surface area contributed by atoms with Gasteiger partial charge in [0.2, 0.25) is 0 Å². The summed E-state index contributed by atoms with van der Waals surface area (Å²) in [5, 5.41) is 29.2. The number of nitro groups is 1. The molecule has 2 aromatic rings. The first-order valence-electron chi connectivity index (χ1n) is 6.36. The average molecular weight is 352 g/mol. The summed E-state index contributed by atoms with van der Waals surface area (Å²) >= 11 is 5.81. The van der Waals surface area contributed by atoms with E-state index in [4.69, 9.17) is 11.6 Å². The Morgan fingerprint density at radius 1 is 1.00 bits per heavy atom. The summed E-state index contributed by atoms with van der Waals surface area (Å²) in [5.74, 6) is -2.55. The largest absolute Gasteiger partial charge is 0.504 e. The summed E-state index contributed by atoms with van der Waals surface area (Å²) in [7, 11) is 0. The van der Waals surface area contributed by atoms with Crippen molar-refractivity contribution < 1.29 is 24.7 Å². The highest BCUT2D eigenvalue weighted by molar-refractivity contribution is 6.34. The topological polar surface area (TPSA) is 142 Å². The van der Waals surface area contributed by atoms with Crippen LogP contribution in [0.4, 0.5) is 5.69 Å². The minimum absolute atomic E-state index is 0.0317. The van der Waals surface area contributed by atoms with Crippen LogP contribution in [0.25, 0.3) is 0 Å². The average Bonchev–Trinajstić information content (AvgIpc) is 2.55. The number of nitro benzene ring substituents is 1. The Bertz CT molecular complexity index is 839. The van der Waals surface area contributed by atoms with Crippen molar-refractivity contribution in [3.8, 4) is 11.5 Å². The second-order valence-corrected chi connectivity index (χ2v) is 4.94. The van der Waals surface area contributed by atoms with Crippen molar-refractivity contribution in [1.29, 1.82) is 0 Å². The van der Waals surface area contributed by atoms with Gasteiger partial charge in [0.1, 0.15) is 0 Å². The van der Waals surface area contributed by atoms with Crippen LogP contribution in [0.5, 0.6) is 11.5 Å². The smallest absolute Gasteiger partial charge is 0.271 e. The van der Waals surface area contributed by atoms with Gasteiger partial charge in [0.25, 0.3) is 17.5 Å². The summed E-state index contributed by atoms with van der Waals surface area (Å²) in [6.07, 6.45) is 0. The molecule has 0 fully saturated rings. The van der Waals surface area contributed by atoms with E-state index in [1.807, 2.05) is 5.43 Å². The van der Waals surface area contributed by atoms with Crippen molar-refractivity contribution in [1.82, 2.24) is 10.9 Å². The third kappa shape index (κ3) is 3.70. The molecule has 0 aliphatic heterocycles. The van der Waals surface area contributed by atoms with Crippen molar-refractivity contribution in [2.45, 2.75) is 0 Å². The predicted molar refractivity (Wildman–Crippen MR) is 82.8 cm³/mol. The van der Waals surface area contributed by atoms with Crippen LogP contribution in [0, 0.1) is 10.1 Å². The van der Waals surface area contributed by atoms with Crippen LogP contribution >= 0.6 is 11.6 Å². The number of aromatic hydroxyl groups is 2. The van der Waals surface area contributed by atoms with Gasteiger partial charge < -0.3 is 10.2 Å². The molecule has 9 nitrogen and oxygen atoms in total. The molecule has 0 bridgehead atoms. The zero-order valence-corrected chi connectivity index (χ0v) is 12.6. The normalized spacial score (nSPS) is 10.0. The van der Waals surface area contributed by atoms with Gasteiger partial charge in [0, 0.05) is 17.7 Å². The number of benzene rings is 2. The Kier molecular flexibility index (Phi) is 4.85. The van der Waals surface area contributed by atoms with Gasteiger partial charge in [-0.05, 0) is 24.3 Å². The lowest BCUT2D eigenvalue weighted by molar-refractivity contribution is -0.384. The number of phenols is 2. The zero-order valence-electron chi connectivity index (χ0n) is 11.8. The number of amides is 2. The fourth-order valence-corrected chi connectivity index (χ4v) is 1.92. The Balaban J connectivity index is 2.10. The van der Waals surface area contributed by atoms with Gasteiger partial charge in [-0.1, -0.05) is 11.6 Å². The molecule has 0 heterocycles. The van der Waals surface area contributed by atoms with Crippen molar-refractivity contribution in [2.75, 3.05) is 0 Å².